The van der Waals surface area contributed by atoms with Gasteiger partial charge in [-0.05, 0) is 43.4 Å². The van der Waals surface area contributed by atoms with E-state index in [-0.39, 0.29) is 16.2 Å². The van der Waals surface area contributed by atoms with E-state index in [9.17, 15) is 24.4 Å². The summed E-state index contributed by atoms with van der Waals surface area (Å²) in [6.07, 6.45) is 0. The summed E-state index contributed by atoms with van der Waals surface area (Å²) in [6.45, 7) is 1.62. The van der Waals surface area contributed by atoms with Crippen molar-refractivity contribution in [3.63, 3.8) is 0 Å². The Bertz CT molecular complexity index is 1010. The van der Waals surface area contributed by atoms with Gasteiger partial charge in [0.05, 0.1) is 16.5 Å². The molecule has 1 amide bonds. The maximum Gasteiger partial charge on any atom is 0.311 e. The highest BCUT2D eigenvalue weighted by atomic mass is 32.1. The molecule has 8 nitrogen and oxygen atoms in total. The van der Waals surface area contributed by atoms with Crippen LogP contribution in [0.1, 0.15) is 18.5 Å². The molecule has 4 N–H and O–H groups in total. The quantitative estimate of drug-likeness (QED) is 0.353. The number of aromatic hydroxyl groups is 1. The highest BCUT2D eigenvalue weighted by molar-refractivity contribution is 7.80. The first kappa shape index (κ1) is 19.2. The van der Waals surface area contributed by atoms with Crippen LogP contribution in [0.4, 0.5) is 15.8 Å². The van der Waals surface area contributed by atoms with E-state index in [4.69, 9.17) is 12.2 Å². The van der Waals surface area contributed by atoms with Crippen LogP contribution in [-0.4, -0.2) is 21.0 Å². The summed E-state index contributed by atoms with van der Waals surface area (Å²) in [5.41, 5.74) is 0.594. The van der Waals surface area contributed by atoms with E-state index in [1.165, 1.54) is 36.4 Å². The summed E-state index contributed by atoms with van der Waals surface area (Å²) in [6, 6.07) is 8.31. The maximum atomic E-state index is 13.1. The summed E-state index contributed by atoms with van der Waals surface area (Å²) < 4.78 is 13.1. The van der Waals surface area contributed by atoms with Gasteiger partial charge in [-0.1, -0.05) is 12.1 Å². The number of nitrogens with one attached hydrogen (secondary N) is 3. The molecule has 144 valence electrons. The van der Waals surface area contributed by atoms with Crippen LogP contribution in [0, 0.1) is 15.9 Å². The lowest BCUT2D eigenvalue weighted by molar-refractivity contribution is -0.385. The van der Waals surface area contributed by atoms with Crippen molar-refractivity contribution in [2.45, 2.75) is 13.0 Å². The summed E-state index contributed by atoms with van der Waals surface area (Å²) in [5.74, 6) is -1.55. The highest BCUT2D eigenvalue weighted by Gasteiger charge is 2.33. The van der Waals surface area contributed by atoms with E-state index in [0.717, 1.165) is 6.07 Å². The summed E-state index contributed by atoms with van der Waals surface area (Å²) in [7, 11) is 0. The fourth-order valence-corrected chi connectivity index (χ4v) is 3.16. The number of carbonyl (C=O) groups is 1. The van der Waals surface area contributed by atoms with Crippen molar-refractivity contribution in [2.75, 3.05) is 5.32 Å². The van der Waals surface area contributed by atoms with Crippen LogP contribution in [0.2, 0.25) is 0 Å². The number of benzene rings is 2. The second-order valence-electron chi connectivity index (χ2n) is 6.00. The minimum Gasteiger partial charge on any atom is -0.502 e. The lowest BCUT2D eigenvalue weighted by atomic mass is 9.93. The van der Waals surface area contributed by atoms with Crippen molar-refractivity contribution in [3.05, 3.63) is 75.2 Å². The van der Waals surface area contributed by atoms with Gasteiger partial charge in [-0.2, -0.15) is 0 Å². The van der Waals surface area contributed by atoms with Crippen LogP contribution in [0.15, 0.2) is 53.7 Å². The van der Waals surface area contributed by atoms with Crippen LogP contribution < -0.4 is 16.0 Å². The van der Waals surface area contributed by atoms with E-state index in [1.54, 1.807) is 6.92 Å². The number of hydrogen-bond acceptors (Lipinski definition) is 5. The predicted octanol–water partition coefficient (Wildman–Crippen LogP) is 2.87. The molecule has 10 heteroatoms. The number of hydrogen-bond donors (Lipinski definition) is 4. The Morgan fingerprint density at radius 1 is 1.29 bits per heavy atom. The van der Waals surface area contributed by atoms with Crippen molar-refractivity contribution in [2.24, 2.45) is 0 Å². The smallest absolute Gasteiger partial charge is 0.311 e. The molecule has 0 spiro atoms. The van der Waals surface area contributed by atoms with Crippen molar-refractivity contribution < 1.29 is 19.2 Å². The van der Waals surface area contributed by atoms with E-state index in [0.29, 0.717) is 11.4 Å². The fraction of sp³-hybridized carbons (Fsp3) is 0.111. The van der Waals surface area contributed by atoms with Gasteiger partial charge < -0.3 is 21.1 Å². The van der Waals surface area contributed by atoms with Gasteiger partial charge >= 0.3 is 5.69 Å². The lowest BCUT2D eigenvalue weighted by Crippen LogP contribution is -2.45. The molecule has 0 aromatic heterocycles. The normalized spacial score (nSPS) is 16.2. The minimum absolute atomic E-state index is 0.127. The monoisotopic (exact) mass is 402 g/mol. The van der Waals surface area contributed by atoms with Crippen LogP contribution in [0.25, 0.3) is 0 Å². The molecule has 3 rings (SSSR count). The van der Waals surface area contributed by atoms with Crippen LogP contribution in [0.5, 0.6) is 5.75 Å². The number of amides is 1. The molecule has 1 heterocycles. The maximum absolute atomic E-state index is 13.1. The number of phenols is 1. The van der Waals surface area contributed by atoms with Gasteiger partial charge in [-0.25, -0.2) is 4.39 Å². The minimum atomic E-state index is -0.922. The van der Waals surface area contributed by atoms with Gasteiger partial charge in [-0.3, -0.25) is 14.9 Å². The van der Waals surface area contributed by atoms with E-state index in [1.807, 2.05) is 0 Å². The van der Waals surface area contributed by atoms with Gasteiger partial charge in [0.1, 0.15) is 5.82 Å². The van der Waals surface area contributed by atoms with Crippen molar-refractivity contribution in [1.82, 2.24) is 10.6 Å². The standard InChI is InChI=1S/C18H15FN4O4S/c1-9-14(17(25)21-11-7-5-10(19)6-8-11)15(22-18(28)20-9)12-3-2-4-13(16(12)24)23(26)27/h2-8,15,24H,1H3,(H,21,25)(H2,20,22,28). The number of rotatable bonds is 4. The Morgan fingerprint density at radius 2 is 1.96 bits per heavy atom. The number of nitro benzene ring substituents is 1. The summed E-state index contributed by atoms with van der Waals surface area (Å²) in [5, 5.41) is 30.0. The Hall–Kier alpha value is -3.53. The first-order chi connectivity index (χ1) is 13.3. The highest BCUT2D eigenvalue weighted by Crippen LogP contribution is 2.38. The third-order valence-corrected chi connectivity index (χ3v) is 4.39. The van der Waals surface area contributed by atoms with Crippen molar-refractivity contribution in [3.8, 4) is 5.75 Å². The number of allylic oxidation sites excluding steroid dienone is 1. The molecule has 0 saturated heterocycles. The molecule has 1 aliphatic rings. The van der Waals surface area contributed by atoms with Gasteiger partial charge in [0.15, 0.2) is 10.9 Å². The van der Waals surface area contributed by atoms with Crippen LogP contribution in [0.3, 0.4) is 0 Å². The van der Waals surface area contributed by atoms with Gasteiger partial charge in [0.25, 0.3) is 5.91 Å². The lowest BCUT2D eigenvalue weighted by Gasteiger charge is -2.30. The second-order valence-corrected chi connectivity index (χ2v) is 6.41. The van der Waals surface area contributed by atoms with Crippen LogP contribution in [-0.2, 0) is 4.79 Å². The fourth-order valence-electron chi connectivity index (χ4n) is 2.89. The molecule has 0 fully saturated rings. The van der Waals surface area contributed by atoms with Crippen molar-refractivity contribution >= 4 is 34.6 Å². The van der Waals surface area contributed by atoms with E-state index < -0.39 is 34.1 Å². The average molecular weight is 402 g/mol. The summed E-state index contributed by atoms with van der Waals surface area (Å²) >= 11 is 5.13. The third-order valence-electron chi connectivity index (χ3n) is 4.17. The summed E-state index contributed by atoms with van der Waals surface area (Å²) in [4.78, 5) is 23.3. The first-order valence-corrected chi connectivity index (χ1v) is 8.50. The molecule has 28 heavy (non-hydrogen) atoms. The Balaban J connectivity index is 2.02. The van der Waals surface area contributed by atoms with Gasteiger partial charge in [0, 0.05) is 23.0 Å². The Labute approximate surface area is 164 Å². The zero-order valence-electron chi connectivity index (χ0n) is 14.5. The molecule has 2 aromatic rings. The number of anilines is 1. The molecule has 0 saturated carbocycles. The first-order valence-electron chi connectivity index (χ1n) is 8.09. The topological polar surface area (TPSA) is 117 Å². The largest absolute Gasteiger partial charge is 0.502 e. The Morgan fingerprint density at radius 3 is 2.61 bits per heavy atom. The molecule has 2 aromatic carbocycles. The second kappa shape index (κ2) is 7.61. The SMILES string of the molecule is CC1=C(C(=O)Nc2ccc(F)cc2)C(c2cccc([N+](=O)[O-])c2O)NC(=S)N1. The third kappa shape index (κ3) is 3.76. The average Bonchev–Trinajstić information content (AvgIpc) is 2.62. The van der Waals surface area contributed by atoms with E-state index >= 15 is 0 Å². The van der Waals surface area contributed by atoms with Crippen LogP contribution >= 0.6 is 12.2 Å². The molecule has 0 aliphatic carbocycles. The van der Waals surface area contributed by atoms with E-state index in [2.05, 4.69) is 16.0 Å². The number of thiocarbonyl (C=S) groups is 1. The predicted molar refractivity (Wildman–Crippen MR) is 104 cm³/mol. The molecule has 1 unspecified atom stereocenters. The number of halogens is 1. The van der Waals surface area contributed by atoms with Gasteiger partial charge in [0.2, 0.25) is 0 Å². The van der Waals surface area contributed by atoms with Crippen molar-refractivity contribution in [1.29, 1.82) is 0 Å². The Kier molecular flexibility index (Phi) is 5.23. The number of nitrogens with zero attached hydrogens (tertiary/aromatic N) is 1. The zero-order valence-corrected chi connectivity index (χ0v) is 15.3. The number of nitro groups is 1. The molecule has 0 bridgehead atoms. The molecular weight excluding hydrogens is 387 g/mol. The molecular formula is C18H15FN4O4S. The number of para-hydroxylation sites is 1. The molecule has 0 radical (unpaired) electrons. The van der Waals surface area contributed by atoms with Gasteiger partial charge in [-0.15, -0.1) is 0 Å². The molecule has 1 aliphatic heterocycles. The number of phenolic OH excluding ortho intramolecular Hbond substituents is 1. The zero-order chi connectivity index (χ0) is 20.4. The molecule has 1 atom stereocenters. The number of carbonyl (C=O) groups excluding carboxylic acids is 1.